The second kappa shape index (κ2) is 13.7. The summed E-state index contributed by atoms with van der Waals surface area (Å²) < 4.78 is 27.9. The van der Waals surface area contributed by atoms with Crippen molar-refractivity contribution in [3.8, 4) is 28.7 Å². The van der Waals surface area contributed by atoms with Gasteiger partial charge in [0.15, 0.2) is 23.0 Å². The maximum absolute atomic E-state index is 5.68. The molecule has 5 rings (SSSR count). The minimum atomic E-state index is 0. The van der Waals surface area contributed by atoms with Gasteiger partial charge in [-0.05, 0) is 52.9 Å². The first-order valence-electron chi connectivity index (χ1n) is 13.4. The Kier molecular flexibility index (Phi) is 10.0. The molecular formula is C32H38ClN3O5. The van der Waals surface area contributed by atoms with Crippen LogP contribution in [0.4, 0.5) is 5.69 Å². The minimum absolute atomic E-state index is 0. The first-order chi connectivity index (χ1) is 19.6. The molecule has 0 amide bonds. The van der Waals surface area contributed by atoms with Gasteiger partial charge in [-0.3, -0.25) is 9.88 Å². The van der Waals surface area contributed by atoms with Crippen LogP contribution >= 0.6 is 12.4 Å². The molecule has 0 radical (unpaired) electrons. The fourth-order valence-corrected chi connectivity index (χ4v) is 5.41. The van der Waals surface area contributed by atoms with E-state index in [2.05, 4.69) is 28.0 Å². The van der Waals surface area contributed by atoms with Gasteiger partial charge in [0.05, 0.1) is 46.9 Å². The zero-order valence-corrected chi connectivity index (χ0v) is 25.1. The number of para-hydroxylation sites is 2. The van der Waals surface area contributed by atoms with Crippen LogP contribution in [-0.2, 0) is 13.0 Å². The number of rotatable bonds is 10. The van der Waals surface area contributed by atoms with E-state index >= 15 is 0 Å². The summed E-state index contributed by atoms with van der Waals surface area (Å²) in [5, 5.41) is 2.17. The topological polar surface area (TPSA) is 65.5 Å². The maximum atomic E-state index is 5.68. The van der Waals surface area contributed by atoms with Crippen molar-refractivity contribution < 1.29 is 23.7 Å². The second-order valence-corrected chi connectivity index (χ2v) is 9.78. The zero-order valence-electron chi connectivity index (χ0n) is 24.3. The molecule has 9 heteroatoms. The largest absolute Gasteiger partial charge is 0.495 e. The molecular weight excluding hydrogens is 542 g/mol. The first kappa shape index (κ1) is 30.1. The summed E-state index contributed by atoms with van der Waals surface area (Å²) in [5.74, 6) is 3.72. The third kappa shape index (κ3) is 6.39. The number of piperazine rings is 1. The van der Waals surface area contributed by atoms with Gasteiger partial charge < -0.3 is 28.6 Å². The molecule has 41 heavy (non-hydrogen) atoms. The summed E-state index contributed by atoms with van der Waals surface area (Å²) in [7, 11) is 8.36. The van der Waals surface area contributed by atoms with Gasteiger partial charge in [0, 0.05) is 50.7 Å². The van der Waals surface area contributed by atoms with Crippen LogP contribution in [0.5, 0.6) is 28.7 Å². The molecule has 1 aliphatic heterocycles. The monoisotopic (exact) mass is 579 g/mol. The summed E-state index contributed by atoms with van der Waals surface area (Å²) in [4.78, 5) is 9.83. The van der Waals surface area contributed by atoms with Gasteiger partial charge in [-0.1, -0.05) is 18.2 Å². The highest BCUT2D eigenvalue weighted by Crippen LogP contribution is 2.37. The van der Waals surface area contributed by atoms with Crippen molar-refractivity contribution in [2.45, 2.75) is 13.0 Å². The number of ether oxygens (including phenoxy) is 5. The number of pyridine rings is 1. The molecule has 0 spiro atoms. The van der Waals surface area contributed by atoms with Gasteiger partial charge in [0.1, 0.15) is 5.75 Å². The van der Waals surface area contributed by atoms with Crippen molar-refractivity contribution in [1.29, 1.82) is 0 Å². The van der Waals surface area contributed by atoms with Crippen LogP contribution < -0.4 is 28.6 Å². The third-order valence-electron chi connectivity index (χ3n) is 7.57. The van der Waals surface area contributed by atoms with Gasteiger partial charge in [-0.2, -0.15) is 0 Å². The number of halogens is 1. The van der Waals surface area contributed by atoms with E-state index in [4.69, 9.17) is 28.7 Å². The first-order valence-corrected chi connectivity index (χ1v) is 13.4. The van der Waals surface area contributed by atoms with E-state index in [0.29, 0.717) is 29.4 Å². The predicted octanol–water partition coefficient (Wildman–Crippen LogP) is 5.61. The highest BCUT2D eigenvalue weighted by atomic mass is 35.5. The lowest BCUT2D eigenvalue weighted by molar-refractivity contribution is 0.249. The molecule has 2 heterocycles. The Labute approximate surface area is 248 Å². The second-order valence-electron chi connectivity index (χ2n) is 9.78. The molecule has 1 aromatic heterocycles. The highest BCUT2D eigenvalue weighted by molar-refractivity contribution is 5.91. The van der Waals surface area contributed by atoms with Crippen LogP contribution in [0.3, 0.4) is 0 Å². The average molecular weight is 580 g/mol. The van der Waals surface area contributed by atoms with Crippen LogP contribution in [0.1, 0.15) is 16.8 Å². The van der Waals surface area contributed by atoms with E-state index < -0.39 is 0 Å². The van der Waals surface area contributed by atoms with Crippen LogP contribution in [0.15, 0.2) is 60.8 Å². The van der Waals surface area contributed by atoms with Gasteiger partial charge in [-0.15, -0.1) is 12.4 Å². The lowest BCUT2D eigenvalue weighted by atomic mass is 9.99. The molecule has 1 saturated heterocycles. The number of hydrogen-bond donors (Lipinski definition) is 0. The fraction of sp³-hybridized carbons (Fsp3) is 0.344. The lowest BCUT2D eigenvalue weighted by Crippen LogP contribution is -2.46. The number of nitrogens with zero attached hydrogens (tertiary/aromatic N) is 3. The van der Waals surface area contributed by atoms with E-state index in [1.54, 1.807) is 35.5 Å². The quantitative estimate of drug-likeness (QED) is 0.240. The van der Waals surface area contributed by atoms with Crippen molar-refractivity contribution in [3.63, 3.8) is 0 Å². The maximum Gasteiger partial charge on any atom is 0.161 e. The Balaban J connectivity index is 0.00000387. The van der Waals surface area contributed by atoms with Crippen LogP contribution in [0.2, 0.25) is 0 Å². The minimum Gasteiger partial charge on any atom is -0.495 e. The average Bonchev–Trinajstić information content (AvgIpc) is 3.01. The molecule has 0 saturated carbocycles. The van der Waals surface area contributed by atoms with Gasteiger partial charge in [-0.25, -0.2) is 0 Å². The Hall–Kier alpha value is -3.88. The van der Waals surface area contributed by atoms with Crippen LogP contribution in [-0.4, -0.2) is 71.6 Å². The molecule has 218 valence electrons. The Morgan fingerprint density at radius 1 is 0.659 bits per heavy atom. The van der Waals surface area contributed by atoms with Crippen molar-refractivity contribution in [1.82, 2.24) is 9.88 Å². The van der Waals surface area contributed by atoms with E-state index in [-0.39, 0.29) is 12.4 Å². The van der Waals surface area contributed by atoms with E-state index in [1.807, 2.05) is 42.6 Å². The number of anilines is 1. The van der Waals surface area contributed by atoms with Crippen LogP contribution in [0, 0.1) is 0 Å². The Bertz CT molecular complexity index is 1470. The fourth-order valence-electron chi connectivity index (χ4n) is 5.41. The van der Waals surface area contributed by atoms with Crippen molar-refractivity contribution in [3.05, 3.63) is 77.6 Å². The standard InChI is InChI=1S/C32H37N3O5.ClH/c1-36-28-9-7-6-8-27(28)35-14-12-34(13-15-35)21-23-20-33-26(16-22-10-11-29(37-2)30(17-22)38-3)25-19-32(40-5)31(39-4)18-24(23)25;/h6-11,17-20H,12-16,21H2,1-5H3;1H. The molecule has 0 unspecified atom stereocenters. The molecule has 1 aliphatic rings. The van der Waals surface area contributed by atoms with Gasteiger partial charge in [0.25, 0.3) is 0 Å². The van der Waals surface area contributed by atoms with Crippen molar-refractivity contribution >= 4 is 28.9 Å². The molecule has 0 bridgehead atoms. The van der Waals surface area contributed by atoms with Crippen molar-refractivity contribution in [2.75, 3.05) is 66.6 Å². The van der Waals surface area contributed by atoms with Crippen molar-refractivity contribution in [2.24, 2.45) is 0 Å². The predicted molar refractivity (Wildman–Crippen MR) is 165 cm³/mol. The highest BCUT2D eigenvalue weighted by Gasteiger charge is 2.22. The van der Waals surface area contributed by atoms with Gasteiger partial charge in [0.2, 0.25) is 0 Å². The van der Waals surface area contributed by atoms with E-state index in [9.17, 15) is 0 Å². The molecule has 1 fully saturated rings. The summed E-state index contributed by atoms with van der Waals surface area (Å²) in [6.07, 6.45) is 2.65. The Morgan fingerprint density at radius 3 is 1.93 bits per heavy atom. The smallest absolute Gasteiger partial charge is 0.161 e. The van der Waals surface area contributed by atoms with E-state index in [1.165, 1.54) is 0 Å². The molecule has 3 aromatic carbocycles. The molecule has 0 aliphatic carbocycles. The van der Waals surface area contributed by atoms with Gasteiger partial charge >= 0.3 is 0 Å². The molecule has 0 N–H and O–H groups in total. The summed E-state index contributed by atoms with van der Waals surface area (Å²) >= 11 is 0. The summed E-state index contributed by atoms with van der Waals surface area (Å²) in [6, 6.07) is 18.3. The third-order valence-corrected chi connectivity index (χ3v) is 7.57. The molecule has 4 aromatic rings. The molecule has 0 atom stereocenters. The number of fused-ring (bicyclic) bond motifs is 1. The van der Waals surface area contributed by atoms with E-state index in [0.717, 1.165) is 71.8 Å². The number of benzene rings is 3. The van der Waals surface area contributed by atoms with Crippen LogP contribution in [0.25, 0.3) is 10.8 Å². The normalized spacial score (nSPS) is 13.4. The zero-order chi connectivity index (χ0) is 28.1. The lowest BCUT2D eigenvalue weighted by Gasteiger charge is -2.36. The number of hydrogen-bond acceptors (Lipinski definition) is 8. The number of aromatic nitrogens is 1. The summed E-state index contributed by atoms with van der Waals surface area (Å²) in [5.41, 5.74) is 4.36. The summed E-state index contributed by atoms with van der Waals surface area (Å²) in [6.45, 7) is 4.55. The molecule has 8 nitrogen and oxygen atoms in total. The SMILES string of the molecule is COc1ccc(Cc2ncc(CN3CCN(c4ccccc4OC)CC3)c3cc(OC)c(OC)cc23)cc1OC.Cl. The Morgan fingerprint density at radius 2 is 1.27 bits per heavy atom. The number of methoxy groups -OCH3 is 5.